The Kier molecular flexibility index (Phi) is 8.52. The molecule has 0 bridgehead atoms. The van der Waals surface area contributed by atoms with Crippen LogP contribution in [-0.2, 0) is 16.0 Å². The van der Waals surface area contributed by atoms with Crippen LogP contribution in [0.4, 0.5) is 0 Å². The number of aryl methyl sites for hydroxylation is 2. The molecular weight excluding hydrogens is 506 g/mol. The van der Waals surface area contributed by atoms with E-state index in [1.54, 1.807) is 26.2 Å². The molecule has 1 atom stereocenters. The predicted octanol–water partition coefficient (Wildman–Crippen LogP) is 6.12. The van der Waals surface area contributed by atoms with Gasteiger partial charge in [-0.2, -0.15) is 0 Å². The molecular formula is C33H37NO6. The number of aliphatic hydroxyl groups is 1. The number of ether oxygens (including phenoxy) is 3. The lowest BCUT2D eigenvalue weighted by atomic mass is 9.90. The number of rotatable bonds is 9. The van der Waals surface area contributed by atoms with Gasteiger partial charge in [-0.05, 0) is 72.7 Å². The van der Waals surface area contributed by atoms with E-state index >= 15 is 0 Å². The molecule has 1 amide bonds. The van der Waals surface area contributed by atoms with Gasteiger partial charge in [0.2, 0.25) is 0 Å². The average molecular weight is 544 g/mol. The van der Waals surface area contributed by atoms with Gasteiger partial charge in [0.05, 0.1) is 32.9 Å². The molecule has 0 aliphatic carbocycles. The number of nitrogens with zero attached hydrogens (tertiary/aromatic N) is 1. The van der Waals surface area contributed by atoms with Crippen molar-refractivity contribution in [3.05, 3.63) is 93.6 Å². The minimum atomic E-state index is -0.732. The van der Waals surface area contributed by atoms with Gasteiger partial charge in [0, 0.05) is 12.1 Å². The first-order valence-electron chi connectivity index (χ1n) is 13.4. The van der Waals surface area contributed by atoms with E-state index in [0.717, 1.165) is 33.6 Å². The van der Waals surface area contributed by atoms with Crippen molar-refractivity contribution in [2.75, 3.05) is 27.9 Å². The Hall–Kier alpha value is -4.26. The zero-order valence-corrected chi connectivity index (χ0v) is 24.2. The summed E-state index contributed by atoms with van der Waals surface area (Å²) in [6.07, 6.45) is 0.481. The van der Waals surface area contributed by atoms with E-state index in [4.69, 9.17) is 14.2 Å². The van der Waals surface area contributed by atoms with Crippen LogP contribution in [0.2, 0.25) is 0 Å². The molecule has 3 aromatic rings. The first-order chi connectivity index (χ1) is 19.1. The number of methoxy groups -OCH3 is 3. The summed E-state index contributed by atoms with van der Waals surface area (Å²) in [7, 11) is 4.76. The zero-order chi connectivity index (χ0) is 29.1. The predicted molar refractivity (Wildman–Crippen MR) is 155 cm³/mol. The SMILES string of the molecule is COc1ccc(CCN2C(=O)C(=O)/C(=C(/O)c3cc(C(C)C)c(OC)cc3C)C2c2cccc(C)c2)cc1OC. The van der Waals surface area contributed by atoms with Crippen LogP contribution < -0.4 is 14.2 Å². The number of likely N-dealkylation sites (tertiary alicyclic amines) is 1. The van der Waals surface area contributed by atoms with Gasteiger partial charge in [0.15, 0.2) is 11.5 Å². The van der Waals surface area contributed by atoms with Crippen molar-refractivity contribution in [2.45, 2.75) is 46.1 Å². The molecule has 1 unspecified atom stereocenters. The fourth-order valence-electron chi connectivity index (χ4n) is 5.31. The summed E-state index contributed by atoms with van der Waals surface area (Å²) >= 11 is 0. The Morgan fingerprint density at radius 2 is 1.60 bits per heavy atom. The third-order valence-electron chi connectivity index (χ3n) is 7.44. The number of hydrogen-bond acceptors (Lipinski definition) is 6. The Balaban J connectivity index is 1.82. The molecule has 0 radical (unpaired) electrons. The second-order valence-electron chi connectivity index (χ2n) is 10.4. The van der Waals surface area contributed by atoms with E-state index in [2.05, 4.69) is 0 Å². The van der Waals surface area contributed by atoms with Crippen LogP contribution in [0.5, 0.6) is 17.2 Å². The number of carbonyl (C=O) groups excluding carboxylic acids is 2. The minimum absolute atomic E-state index is 0.0888. The molecule has 1 fully saturated rings. The second-order valence-corrected chi connectivity index (χ2v) is 10.4. The minimum Gasteiger partial charge on any atom is -0.507 e. The van der Waals surface area contributed by atoms with Crippen molar-refractivity contribution in [1.82, 2.24) is 4.90 Å². The quantitative estimate of drug-likeness (QED) is 0.199. The standard InChI is InChI=1S/C33H37NO6/c1-19(2)24-18-25(21(4)16-27(24)39-6)31(35)29-30(23-10-8-9-20(3)15-23)34(33(37)32(29)36)14-13-22-11-12-26(38-5)28(17-22)40-7/h8-12,15-19,30,35H,13-14H2,1-7H3/b31-29+. The van der Waals surface area contributed by atoms with Crippen molar-refractivity contribution in [3.8, 4) is 17.2 Å². The zero-order valence-electron chi connectivity index (χ0n) is 24.2. The Morgan fingerprint density at radius 1 is 0.900 bits per heavy atom. The summed E-state index contributed by atoms with van der Waals surface area (Å²) in [6.45, 7) is 8.17. The fraction of sp³-hybridized carbons (Fsp3) is 0.333. The first kappa shape index (κ1) is 28.7. The van der Waals surface area contributed by atoms with E-state index < -0.39 is 17.7 Å². The number of benzene rings is 3. The molecule has 7 nitrogen and oxygen atoms in total. The van der Waals surface area contributed by atoms with Crippen molar-refractivity contribution in [2.24, 2.45) is 0 Å². The van der Waals surface area contributed by atoms with E-state index in [1.807, 2.05) is 82.3 Å². The molecule has 0 spiro atoms. The van der Waals surface area contributed by atoms with Crippen molar-refractivity contribution in [1.29, 1.82) is 0 Å². The highest BCUT2D eigenvalue weighted by molar-refractivity contribution is 6.46. The van der Waals surface area contributed by atoms with Gasteiger partial charge < -0.3 is 24.2 Å². The van der Waals surface area contributed by atoms with Gasteiger partial charge >= 0.3 is 0 Å². The lowest BCUT2D eigenvalue weighted by molar-refractivity contribution is -0.139. The number of carbonyl (C=O) groups is 2. The highest BCUT2D eigenvalue weighted by Crippen LogP contribution is 2.41. The molecule has 1 aliphatic heterocycles. The Morgan fingerprint density at radius 3 is 2.23 bits per heavy atom. The second kappa shape index (κ2) is 11.9. The molecule has 0 aromatic heterocycles. The van der Waals surface area contributed by atoms with Crippen LogP contribution in [0.25, 0.3) is 5.76 Å². The van der Waals surface area contributed by atoms with Crippen LogP contribution in [0.15, 0.2) is 60.2 Å². The van der Waals surface area contributed by atoms with Crippen molar-refractivity contribution >= 4 is 17.4 Å². The van der Waals surface area contributed by atoms with Crippen LogP contribution in [0.3, 0.4) is 0 Å². The summed E-state index contributed by atoms with van der Waals surface area (Å²) in [6, 6.07) is 16.3. The third-order valence-corrected chi connectivity index (χ3v) is 7.44. The Labute approximate surface area is 236 Å². The van der Waals surface area contributed by atoms with Gasteiger partial charge in [-0.15, -0.1) is 0 Å². The number of amides is 1. The van der Waals surface area contributed by atoms with Crippen molar-refractivity contribution < 1.29 is 28.9 Å². The summed E-state index contributed by atoms with van der Waals surface area (Å²) < 4.78 is 16.3. The number of hydrogen-bond donors (Lipinski definition) is 1. The average Bonchev–Trinajstić information content (AvgIpc) is 3.20. The summed E-state index contributed by atoms with van der Waals surface area (Å²) in [5.74, 6) is 0.533. The largest absolute Gasteiger partial charge is 0.507 e. The molecule has 40 heavy (non-hydrogen) atoms. The molecule has 1 aliphatic rings. The maximum atomic E-state index is 13.6. The normalized spacial score (nSPS) is 16.5. The maximum absolute atomic E-state index is 13.6. The van der Waals surface area contributed by atoms with Crippen LogP contribution >= 0.6 is 0 Å². The molecule has 1 saturated heterocycles. The number of aliphatic hydroxyl groups excluding tert-OH is 1. The monoisotopic (exact) mass is 543 g/mol. The van der Waals surface area contributed by atoms with Gasteiger partial charge in [-0.1, -0.05) is 49.7 Å². The maximum Gasteiger partial charge on any atom is 0.295 e. The van der Waals surface area contributed by atoms with Gasteiger partial charge in [-0.3, -0.25) is 9.59 Å². The summed E-state index contributed by atoms with van der Waals surface area (Å²) in [5, 5.41) is 11.7. The smallest absolute Gasteiger partial charge is 0.295 e. The lowest BCUT2D eigenvalue weighted by Gasteiger charge is -2.26. The molecule has 1 N–H and O–H groups in total. The van der Waals surface area contributed by atoms with E-state index in [1.165, 1.54) is 0 Å². The van der Waals surface area contributed by atoms with Gasteiger partial charge in [-0.25, -0.2) is 0 Å². The Bertz CT molecular complexity index is 1470. The summed E-state index contributed by atoms with van der Waals surface area (Å²) in [5.41, 5.74) is 4.94. The number of ketones is 1. The van der Waals surface area contributed by atoms with Crippen LogP contribution in [0.1, 0.15) is 59.2 Å². The topological polar surface area (TPSA) is 85.3 Å². The highest BCUT2D eigenvalue weighted by atomic mass is 16.5. The molecule has 3 aromatic carbocycles. The lowest BCUT2D eigenvalue weighted by Crippen LogP contribution is -2.31. The fourth-order valence-corrected chi connectivity index (χ4v) is 5.31. The highest BCUT2D eigenvalue weighted by Gasteiger charge is 2.46. The van der Waals surface area contributed by atoms with E-state index in [0.29, 0.717) is 23.5 Å². The van der Waals surface area contributed by atoms with E-state index in [-0.39, 0.29) is 23.8 Å². The molecule has 210 valence electrons. The van der Waals surface area contributed by atoms with Gasteiger partial charge in [0.25, 0.3) is 11.7 Å². The van der Waals surface area contributed by atoms with Crippen LogP contribution in [0, 0.1) is 13.8 Å². The number of Topliss-reactive ketones (excluding diaryl/α,β-unsaturated/α-hetero) is 1. The molecule has 7 heteroatoms. The van der Waals surface area contributed by atoms with Gasteiger partial charge in [0.1, 0.15) is 11.5 Å². The molecule has 0 saturated carbocycles. The first-order valence-corrected chi connectivity index (χ1v) is 13.4. The third kappa shape index (κ3) is 5.41. The molecule has 4 rings (SSSR count). The van der Waals surface area contributed by atoms with E-state index in [9.17, 15) is 14.7 Å². The van der Waals surface area contributed by atoms with Crippen molar-refractivity contribution in [3.63, 3.8) is 0 Å². The summed E-state index contributed by atoms with van der Waals surface area (Å²) in [4.78, 5) is 28.6. The molecule has 1 heterocycles. The van der Waals surface area contributed by atoms with Crippen LogP contribution in [-0.4, -0.2) is 49.6 Å².